The molecule has 2 N–H and O–H groups in total. The van der Waals surface area contributed by atoms with Crippen LogP contribution in [0.5, 0.6) is 0 Å². The molecule has 0 radical (unpaired) electrons. The molecule has 5 nitrogen and oxygen atoms in total. The Balaban J connectivity index is 2.69. The van der Waals surface area contributed by atoms with Gasteiger partial charge in [0.05, 0.1) is 0 Å². The summed E-state index contributed by atoms with van der Waals surface area (Å²) in [6.07, 6.45) is 5.87. The second-order valence-electron chi connectivity index (χ2n) is 6.88. The van der Waals surface area contributed by atoms with E-state index >= 15 is 0 Å². The van der Waals surface area contributed by atoms with Crippen LogP contribution in [0.1, 0.15) is 72.6 Å². The van der Waals surface area contributed by atoms with Crippen LogP contribution in [0, 0.1) is 0 Å². The molecule has 1 saturated carbocycles. The molecule has 1 rings (SSSR count). The first-order chi connectivity index (χ1) is 9.79. The Hall–Kier alpha value is -1.26. The van der Waals surface area contributed by atoms with Crippen molar-refractivity contribution in [2.75, 3.05) is 6.54 Å². The minimum atomic E-state index is -0.797. The van der Waals surface area contributed by atoms with Gasteiger partial charge in [-0.25, -0.2) is 4.79 Å². The van der Waals surface area contributed by atoms with Crippen LogP contribution in [0.3, 0.4) is 0 Å². The van der Waals surface area contributed by atoms with Crippen LogP contribution in [0.25, 0.3) is 0 Å². The molecule has 0 bridgehead atoms. The summed E-state index contributed by atoms with van der Waals surface area (Å²) in [5, 5.41) is 5.80. The standard InChI is InChI=1S/C16H30N2O3/c1-5-6-12-17-13(19)16(10-8-7-9-11-16)18-14(20)21-15(2,3)4/h5-12H2,1-4H3,(H,17,19)(H,18,20). The van der Waals surface area contributed by atoms with E-state index in [1.807, 2.05) is 20.8 Å². The number of nitrogens with one attached hydrogen (secondary N) is 2. The molecule has 1 fully saturated rings. The zero-order valence-electron chi connectivity index (χ0n) is 13.9. The first-order valence-corrected chi connectivity index (χ1v) is 8.08. The van der Waals surface area contributed by atoms with Gasteiger partial charge in [-0.15, -0.1) is 0 Å². The van der Waals surface area contributed by atoms with Gasteiger partial charge in [0, 0.05) is 6.54 Å². The summed E-state index contributed by atoms with van der Waals surface area (Å²) >= 11 is 0. The number of rotatable bonds is 5. The van der Waals surface area contributed by atoms with Crippen molar-refractivity contribution in [2.45, 2.75) is 83.8 Å². The highest BCUT2D eigenvalue weighted by molar-refractivity contribution is 5.90. The summed E-state index contributed by atoms with van der Waals surface area (Å²) in [5.41, 5.74) is -1.35. The molecule has 0 unspecified atom stereocenters. The molecular formula is C16H30N2O3. The highest BCUT2D eigenvalue weighted by Gasteiger charge is 2.41. The Bertz CT molecular complexity index is 355. The summed E-state index contributed by atoms with van der Waals surface area (Å²) in [7, 11) is 0. The average Bonchev–Trinajstić information content (AvgIpc) is 2.37. The van der Waals surface area contributed by atoms with Crippen LogP contribution in [0.2, 0.25) is 0 Å². The molecule has 5 heteroatoms. The second kappa shape index (κ2) is 7.66. The lowest BCUT2D eigenvalue weighted by Crippen LogP contribution is -2.60. The molecule has 1 aliphatic carbocycles. The SMILES string of the molecule is CCCCNC(=O)C1(NC(=O)OC(C)(C)C)CCCCC1. The topological polar surface area (TPSA) is 67.4 Å². The predicted molar refractivity (Wildman–Crippen MR) is 83.1 cm³/mol. The maximum atomic E-state index is 12.5. The number of alkyl carbamates (subject to hydrolysis) is 1. The number of ether oxygens (including phenoxy) is 1. The molecule has 0 aromatic carbocycles. The van der Waals surface area contributed by atoms with Crippen LogP contribution in [0.15, 0.2) is 0 Å². The van der Waals surface area contributed by atoms with Gasteiger partial charge in [0.25, 0.3) is 0 Å². The minimum Gasteiger partial charge on any atom is -0.444 e. The Morgan fingerprint density at radius 3 is 2.29 bits per heavy atom. The fourth-order valence-corrected chi connectivity index (χ4v) is 2.61. The van der Waals surface area contributed by atoms with Crippen LogP contribution in [0.4, 0.5) is 4.79 Å². The quantitative estimate of drug-likeness (QED) is 0.766. The molecular weight excluding hydrogens is 268 g/mol. The summed E-state index contributed by atoms with van der Waals surface area (Å²) in [4.78, 5) is 24.6. The zero-order chi connectivity index (χ0) is 15.9. The van der Waals surface area contributed by atoms with Crippen LogP contribution in [-0.4, -0.2) is 29.7 Å². The zero-order valence-corrected chi connectivity index (χ0v) is 13.9. The third kappa shape index (κ3) is 5.94. The van der Waals surface area contributed by atoms with Gasteiger partial charge in [0.2, 0.25) is 5.91 Å². The van der Waals surface area contributed by atoms with E-state index in [1.54, 1.807) is 0 Å². The first-order valence-electron chi connectivity index (χ1n) is 8.08. The summed E-state index contributed by atoms with van der Waals surface area (Å²) in [5.74, 6) is -0.0680. The van der Waals surface area contributed by atoms with E-state index < -0.39 is 17.2 Å². The van der Waals surface area contributed by atoms with Crippen molar-refractivity contribution in [2.24, 2.45) is 0 Å². The van der Waals surface area contributed by atoms with Crippen LogP contribution >= 0.6 is 0 Å². The van der Waals surface area contributed by atoms with Gasteiger partial charge in [0.1, 0.15) is 11.1 Å². The minimum absolute atomic E-state index is 0.0680. The highest BCUT2D eigenvalue weighted by atomic mass is 16.6. The summed E-state index contributed by atoms with van der Waals surface area (Å²) < 4.78 is 5.31. The average molecular weight is 298 g/mol. The molecule has 0 atom stereocenters. The van der Waals surface area contributed by atoms with E-state index in [-0.39, 0.29) is 5.91 Å². The van der Waals surface area contributed by atoms with E-state index in [0.29, 0.717) is 19.4 Å². The number of unbranched alkanes of at least 4 members (excludes halogenated alkanes) is 1. The maximum absolute atomic E-state index is 12.5. The van der Waals surface area contributed by atoms with Crippen LogP contribution in [-0.2, 0) is 9.53 Å². The Kier molecular flexibility index (Phi) is 6.49. The first kappa shape index (κ1) is 17.8. The number of amides is 2. The van der Waals surface area contributed by atoms with Crippen molar-refractivity contribution in [3.8, 4) is 0 Å². The molecule has 0 saturated heterocycles. The van der Waals surface area contributed by atoms with Gasteiger partial charge in [-0.3, -0.25) is 4.79 Å². The monoisotopic (exact) mass is 298 g/mol. The van der Waals surface area contributed by atoms with Crippen molar-refractivity contribution in [3.63, 3.8) is 0 Å². The second-order valence-corrected chi connectivity index (χ2v) is 6.88. The molecule has 1 aliphatic rings. The summed E-state index contributed by atoms with van der Waals surface area (Å²) in [6, 6.07) is 0. The maximum Gasteiger partial charge on any atom is 0.408 e. The van der Waals surface area contributed by atoms with Crippen molar-refractivity contribution in [1.29, 1.82) is 0 Å². The van der Waals surface area contributed by atoms with Gasteiger partial charge in [-0.05, 0) is 40.0 Å². The van der Waals surface area contributed by atoms with E-state index in [1.165, 1.54) is 0 Å². The number of hydrogen-bond donors (Lipinski definition) is 2. The Morgan fingerprint density at radius 2 is 1.76 bits per heavy atom. The van der Waals surface area contributed by atoms with Gasteiger partial charge < -0.3 is 15.4 Å². The molecule has 0 heterocycles. The van der Waals surface area contributed by atoms with Crippen molar-refractivity contribution in [1.82, 2.24) is 10.6 Å². The van der Waals surface area contributed by atoms with E-state index in [0.717, 1.165) is 32.1 Å². The Morgan fingerprint density at radius 1 is 1.14 bits per heavy atom. The van der Waals surface area contributed by atoms with Crippen molar-refractivity contribution in [3.05, 3.63) is 0 Å². The molecule has 122 valence electrons. The Labute approximate surface area is 128 Å². The van der Waals surface area contributed by atoms with Gasteiger partial charge >= 0.3 is 6.09 Å². The molecule has 0 aromatic heterocycles. The van der Waals surface area contributed by atoms with E-state index in [9.17, 15) is 9.59 Å². The van der Waals surface area contributed by atoms with E-state index in [4.69, 9.17) is 4.74 Å². The van der Waals surface area contributed by atoms with Gasteiger partial charge in [-0.2, -0.15) is 0 Å². The molecule has 0 spiro atoms. The molecule has 21 heavy (non-hydrogen) atoms. The van der Waals surface area contributed by atoms with Crippen molar-refractivity contribution < 1.29 is 14.3 Å². The third-order valence-electron chi connectivity index (χ3n) is 3.70. The number of hydrogen-bond acceptors (Lipinski definition) is 3. The normalized spacial score (nSPS) is 17.9. The molecule has 2 amide bonds. The molecule has 0 aromatic rings. The largest absolute Gasteiger partial charge is 0.444 e. The van der Waals surface area contributed by atoms with Crippen molar-refractivity contribution >= 4 is 12.0 Å². The van der Waals surface area contributed by atoms with E-state index in [2.05, 4.69) is 17.6 Å². The highest BCUT2D eigenvalue weighted by Crippen LogP contribution is 2.29. The molecule has 0 aliphatic heterocycles. The number of carbonyl (C=O) groups excluding carboxylic acids is 2. The lowest BCUT2D eigenvalue weighted by atomic mass is 9.81. The number of carbonyl (C=O) groups is 2. The summed E-state index contributed by atoms with van der Waals surface area (Å²) in [6.45, 7) is 8.21. The van der Waals surface area contributed by atoms with Gasteiger partial charge in [0.15, 0.2) is 0 Å². The van der Waals surface area contributed by atoms with Gasteiger partial charge in [-0.1, -0.05) is 32.6 Å². The fraction of sp³-hybridized carbons (Fsp3) is 0.875. The lowest BCUT2D eigenvalue weighted by Gasteiger charge is -2.37. The third-order valence-corrected chi connectivity index (χ3v) is 3.70. The smallest absolute Gasteiger partial charge is 0.408 e. The predicted octanol–water partition coefficient (Wildman–Crippen LogP) is 3.13. The lowest BCUT2D eigenvalue weighted by molar-refractivity contribution is -0.129. The fourth-order valence-electron chi connectivity index (χ4n) is 2.61. The van der Waals surface area contributed by atoms with Crippen LogP contribution < -0.4 is 10.6 Å².